The van der Waals surface area contributed by atoms with Gasteiger partial charge in [0.15, 0.2) is 5.82 Å². The number of urea groups is 1. The fraction of sp³-hybridized carbons (Fsp3) is 0.333. The van der Waals surface area contributed by atoms with E-state index < -0.39 is 11.5 Å². The summed E-state index contributed by atoms with van der Waals surface area (Å²) < 4.78 is 31.4. The fourth-order valence-electron chi connectivity index (χ4n) is 4.50. The van der Waals surface area contributed by atoms with Crippen LogP contribution in [0, 0.1) is 5.82 Å². The standard InChI is InChI=1S/C24H25F2N5O/c1-24(26)9-12-31(16-24)22-21(19(8-10-27-22)18-6-2-3-7-20(18)25)28-23(32)30-14-13-29-11-4-5-17(29)15-30/h2-8,10-11H,9,12-16H2,1H3,(H,28,32). The van der Waals surface area contributed by atoms with Crippen LogP contribution < -0.4 is 10.2 Å². The van der Waals surface area contributed by atoms with Gasteiger partial charge < -0.3 is 19.7 Å². The molecule has 1 saturated heterocycles. The Hall–Kier alpha value is -3.42. The number of fused-ring (bicyclic) bond motifs is 1. The van der Waals surface area contributed by atoms with Crippen LogP contribution >= 0.6 is 0 Å². The van der Waals surface area contributed by atoms with Crippen molar-refractivity contribution in [3.63, 3.8) is 0 Å². The molecule has 166 valence electrons. The molecule has 0 bridgehead atoms. The quantitative estimate of drug-likeness (QED) is 0.648. The Bertz CT molecular complexity index is 1160. The number of nitrogens with zero attached hydrogens (tertiary/aromatic N) is 4. The Labute approximate surface area is 185 Å². The van der Waals surface area contributed by atoms with Crippen molar-refractivity contribution >= 4 is 17.5 Å². The smallest absolute Gasteiger partial charge is 0.322 e. The number of hydrogen-bond acceptors (Lipinski definition) is 3. The zero-order valence-corrected chi connectivity index (χ0v) is 17.9. The molecule has 1 aromatic carbocycles. The van der Waals surface area contributed by atoms with Gasteiger partial charge in [-0.3, -0.25) is 0 Å². The minimum atomic E-state index is -1.34. The summed E-state index contributed by atoms with van der Waals surface area (Å²) in [4.78, 5) is 21.3. The lowest BCUT2D eigenvalue weighted by atomic mass is 10.0. The van der Waals surface area contributed by atoms with Crippen LogP contribution in [0.25, 0.3) is 11.1 Å². The maximum Gasteiger partial charge on any atom is 0.322 e. The van der Waals surface area contributed by atoms with Crippen LogP contribution in [0.5, 0.6) is 0 Å². The number of nitrogens with one attached hydrogen (secondary N) is 1. The van der Waals surface area contributed by atoms with E-state index in [2.05, 4.69) is 14.9 Å². The first kappa shape index (κ1) is 20.5. The Kier molecular flexibility index (Phi) is 5.07. The van der Waals surface area contributed by atoms with Gasteiger partial charge in [0.25, 0.3) is 0 Å². The molecular weight excluding hydrogens is 412 g/mol. The number of hydrogen-bond donors (Lipinski definition) is 1. The van der Waals surface area contributed by atoms with Crippen molar-refractivity contribution in [1.29, 1.82) is 0 Å². The van der Waals surface area contributed by atoms with Crippen molar-refractivity contribution in [2.24, 2.45) is 0 Å². The molecule has 0 radical (unpaired) electrons. The number of alkyl halides is 1. The van der Waals surface area contributed by atoms with E-state index in [1.807, 2.05) is 23.2 Å². The average Bonchev–Trinajstić information content (AvgIpc) is 3.39. The Balaban J connectivity index is 1.51. The van der Waals surface area contributed by atoms with Crippen LogP contribution in [0.4, 0.5) is 25.1 Å². The van der Waals surface area contributed by atoms with Crippen molar-refractivity contribution in [1.82, 2.24) is 14.5 Å². The second-order valence-corrected chi connectivity index (χ2v) is 8.67. The van der Waals surface area contributed by atoms with Gasteiger partial charge in [0.1, 0.15) is 11.5 Å². The first-order chi connectivity index (χ1) is 15.4. The highest BCUT2D eigenvalue weighted by molar-refractivity contribution is 5.99. The van der Waals surface area contributed by atoms with Gasteiger partial charge in [-0.1, -0.05) is 18.2 Å². The maximum atomic E-state index is 14.7. The largest absolute Gasteiger partial charge is 0.352 e. The van der Waals surface area contributed by atoms with Crippen molar-refractivity contribution in [2.75, 3.05) is 29.9 Å². The zero-order valence-electron chi connectivity index (χ0n) is 17.9. The maximum absolute atomic E-state index is 14.7. The van der Waals surface area contributed by atoms with Gasteiger partial charge in [0, 0.05) is 55.3 Å². The number of anilines is 2. The SMILES string of the molecule is CC1(F)CCN(c2nccc(-c3ccccc3F)c2NC(=O)N2CCn3cccc3C2)C1. The van der Waals surface area contributed by atoms with Crippen LogP contribution in [0.2, 0.25) is 0 Å². The second-order valence-electron chi connectivity index (χ2n) is 8.67. The van der Waals surface area contributed by atoms with E-state index >= 15 is 0 Å². The van der Waals surface area contributed by atoms with E-state index in [1.54, 1.807) is 42.3 Å². The van der Waals surface area contributed by atoms with Gasteiger partial charge in [-0.15, -0.1) is 0 Å². The molecule has 1 N–H and O–H groups in total. The van der Waals surface area contributed by atoms with Crippen molar-refractivity contribution < 1.29 is 13.6 Å². The summed E-state index contributed by atoms with van der Waals surface area (Å²) in [6.07, 6.45) is 3.95. The Morgan fingerprint density at radius 1 is 1.09 bits per heavy atom. The molecule has 2 aliphatic heterocycles. The first-order valence-electron chi connectivity index (χ1n) is 10.8. The molecule has 2 amide bonds. The molecule has 8 heteroatoms. The van der Waals surface area contributed by atoms with Crippen LogP contribution in [-0.2, 0) is 13.1 Å². The highest BCUT2D eigenvalue weighted by atomic mass is 19.1. The Morgan fingerprint density at radius 2 is 1.94 bits per heavy atom. The van der Waals surface area contributed by atoms with Crippen molar-refractivity contribution in [2.45, 2.75) is 32.1 Å². The molecule has 2 aromatic heterocycles. The fourth-order valence-corrected chi connectivity index (χ4v) is 4.50. The predicted octanol–water partition coefficient (Wildman–Crippen LogP) is 4.68. The summed E-state index contributed by atoms with van der Waals surface area (Å²) in [6.45, 7) is 3.96. The summed E-state index contributed by atoms with van der Waals surface area (Å²) in [6, 6.07) is 11.8. The summed E-state index contributed by atoms with van der Waals surface area (Å²) in [5, 5.41) is 2.99. The van der Waals surface area contributed by atoms with E-state index in [-0.39, 0.29) is 12.6 Å². The van der Waals surface area contributed by atoms with Gasteiger partial charge in [-0.25, -0.2) is 18.6 Å². The van der Waals surface area contributed by atoms with Crippen LogP contribution in [-0.4, -0.2) is 45.8 Å². The van der Waals surface area contributed by atoms with Gasteiger partial charge >= 0.3 is 6.03 Å². The van der Waals surface area contributed by atoms with E-state index in [9.17, 15) is 13.6 Å². The molecule has 5 rings (SSSR count). The lowest BCUT2D eigenvalue weighted by Gasteiger charge is -2.30. The van der Waals surface area contributed by atoms with Crippen molar-refractivity contribution in [3.8, 4) is 11.1 Å². The number of amides is 2. The topological polar surface area (TPSA) is 53.4 Å². The lowest BCUT2D eigenvalue weighted by Crippen LogP contribution is -2.41. The summed E-state index contributed by atoms with van der Waals surface area (Å²) >= 11 is 0. The highest BCUT2D eigenvalue weighted by Crippen LogP contribution is 2.39. The predicted molar refractivity (Wildman–Crippen MR) is 120 cm³/mol. The number of pyridine rings is 1. The van der Waals surface area contributed by atoms with Gasteiger partial charge in [0.05, 0.1) is 18.8 Å². The molecule has 1 fully saturated rings. The summed E-state index contributed by atoms with van der Waals surface area (Å²) in [5.74, 6) is 0.0635. The van der Waals surface area contributed by atoms with E-state index in [4.69, 9.17) is 0 Å². The zero-order chi connectivity index (χ0) is 22.3. The van der Waals surface area contributed by atoms with Gasteiger partial charge in [-0.2, -0.15) is 0 Å². The van der Waals surface area contributed by atoms with Crippen LogP contribution in [0.1, 0.15) is 19.0 Å². The molecule has 0 saturated carbocycles. The number of aromatic nitrogens is 2. The third-order valence-corrected chi connectivity index (χ3v) is 6.22. The van der Waals surface area contributed by atoms with E-state index in [0.29, 0.717) is 55.2 Å². The minimum Gasteiger partial charge on any atom is -0.352 e. The van der Waals surface area contributed by atoms with Gasteiger partial charge in [0.2, 0.25) is 0 Å². The third kappa shape index (κ3) is 3.81. The monoisotopic (exact) mass is 437 g/mol. The van der Waals surface area contributed by atoms with E-state index in [0.717, 1.165) is 5.69 Å². The van der Waals surface area contributed by atoms with Crippen molar-refractivity contribution in [3.05, 3.63) is 66.4 Å². The molecule has 1 unspecified atom stereocenters. The number of benzene rings is 1. The minimum absolute atomic E-state index is 0.167. The molecule has 32 heavy (non-hydrogen) atoms. The molecule has 6 nitrogen and oxygen atoms in total. The summed E-state index contributed by atoms with van der Waals surface area (Å²) in [7, 11) is 0. The van der Waals surface area contributed by atoms with Crippen LogP contribution in [0.15, 0.2) is 54.9 Å². The molecule has 2 aliphatic rings. The number of carbonyl (C=O) groups excluding carboxylic acids is 1. The van der Waals surface area contributed by atoms with Crippen LogP contribution in [0.3, 0.4) is 0 Å². The molecule has 0 aliphatic carbocycles. The number of halogens is 2. The van der Waals surface area contributed by atoms with Gasteiger partial charge in [-0.05, 0) is 31.2 Å². The molecule has 3 aromatic rings. The second kappa shape index (κ2) is 7.93. The normalized spacial score (nSPS) is 20.3. The third-order valence-electron chi connectivity index (χ3n) is 6.22. The lowest BCUT2D eigenvalue weighted by molar-refractivity contribution is 0.197. The highest BCUT2D eigenvalue weighted by Gasteiger charge is 2.36. The average molecular weight is 437 g/mol. The van der Waals surface area contributed by atoms with E-state index in [1.165, 1.54) is 6.07 Å². The summed E-state index contributed by atoms with van der Waals surface area (Å²) in [5.41, 5.74) is 1.01. The molecule has 4 heterocycles. The molecular formula is C24H25F2N5O. The molecule has 1 atom stereocenters. The number of carbonyl (C=O) groups is 1. The molecule has 0 spiro atoms. The first-order valence-corrected chi connectivity index (χ1v) is 10.8. The number of rotatable bonds is 3. The Morgan fingerprint density at radius 3 is 2.72 bits per heavy atom.